The van der Waals surface area contributed by atoms with Gasteiger partial charge in [-0.3, -0.25) is 0 Å². The van der Waals surface area contributed by atoms with Crippen LogP contribution < -0.4 is 4.90 Å². The fourth-order valence-electron chi connectivity index (χ4n) is 1.54. The van der Waals surface area contributed by atoms with Crippen LogP contribution in [-0.2, 0) is 10.0 Å². The zero-order chi connectivity index (χ0) is 9.90. The molecule has 0 unspecified atom stereocenters. The summed E-state index contributed by atoms with van der Waals surface area (Å²) in [5, 5.41) is 8.69. The van der Waals surface area contributed by atoms with E-state index in [1.807, 2.05) is 0 Å². The number of aliphatic hydroxyl groups excluding tert-OH is 1. The predicted octanol–water partition coefficient (Wildman–Crippen LogP) is -2.86. The fourth-order valence-corrected chi connectivity index (χ4v) is 2.39. The second kappa shape index (κ2) is 4.36. The van der Waals surface area contributed by atoms with Crippen molar-refractivity contribution in [3.05, 3.63) is 0 Å². The number of nitrogens with one attached hydrogen (secondary N) is 1. The summed E-state index contributed by atoms with van der Waals surface area (Å²) >= 11 is 0. The van der Waals surface area contributed by atoms with Gasteiger partial charge in [0.25, 0.3) is 0 Å². The summed E-state index contributed by atoms with van der Waals surface area (Å²) in [5.41, 5.74) is 0. The van der Waals surface area contributed by atoms with Gasteiger partial charge in [0.05, 0.1) is 39.0 Å². The first-order chi connectivity index (χ1) is 6.04. The van der Waals surface area contributed by atoms with E-state index in [9.17, 15) is 8.42 Å². The summed E-state index contributed by atoms with van der Waals surface area (Å²) in [5.74, 6) is 0. The summed E-state index contributed by atoms with van der Waals surface area (Å²) in [6.07, 6.45) is 1.24. The number of aliphatic hydroxyl groups is 1. The molecule has 0 bridgehead atoms. The first kappa shape index (κ1) is 10.9. The van der Waals surface area contributed by atoms with Crippen molar-refractivity contribution in [1.82, 2.24) is 4.31 Å². The van der Waals surface area contributed by atoms with E-state index in [2.05, 4.69) is 0 Å². The number of piperazine rings is 1. The van der Waals surface area contributed by atoms with E-state index in [1.54, 1.807) is 0 Å². The van der Waals surface area contributed by atoms with Crippen molar-refractivity contribution in [1.29, 1.82) is 0 Å². The molecule has 0 amide bonds. The van der Waals surface area contributed by atoms with E-state index < -0.39 is 10.0 Å². The molecule has 0 aromatic carbocycles. The SMILES string of the molecule is CS(=O)(=O)N1CC[NH+](CCO)CC1. The number of rotatable bonds is 3. The van der Waals surface area contributed by atoms with Crippen molar-refractivity contribution in [2.24, 2.45) is 0 Å². The standard InChI is InChI=1S/C7H16N2O3S/c1-13(11,12)9-4-2-8(3-5-9)6-7-10/h10H,2-7H2,1H3/p+1. The number of hydrogen-bond donors (Lipinski definition) is 2. The Kier molecular flexibility index (Phi) is 3.66. The molecule has 6 heteroatoms. The summed E-state index contributed by atoms with van der Waals surface area (Å²) in [6.45, 7) is 3.65. The van der Waals surface area contributed by atoms with Crippen LogP contribution >= 0.6 is 0 Å². The number of quaternary nitrogens is 1. The van der Waals surface area contributed by atoms with Gasteiger partial charge in [-0.1, -0.05) is 0 Å². The fraction of sp³-hybridized carbons (Fsp3) is 1.00. The van der Waals surface area contributed by atoms with Gasteiger partial charge >= 0.3 is 0 Å². The van der Waals surface area contributed by atoms with E-state index in [1.165, 1.54) is 15.5 Å². The van der Waals surface area contributed by atoms with Crippen molar-refractivity contribution in [2.75, 3.05) is 45.6 Å². The van der Waals surface area contributed by atoms with Crippen LogP contribution in [0.3, 0.4) is 0 Å². The Morgan fingerprint density at radius 3 is 2.31 bits per heavy atom. The van der Waals surface area contributed by atoms with Gasteiger partial charge < -0.3 is 10.0 Å². The van der Waals surface area contributed by atoms with Gasteiger partial charge in [0.2, 0.25) is 10.0 Å². The molecule has 1 aliphatic rings. The van der Waals surface area contributed by atoms with Gasteiger partial charge in [-0.05, 0) is 0 Å². The minimum Gasteiger partial charge on any atom is -0.391 e. The molecule has 0 aliphatic carbocycles. The van der Waals surface area contributed by atoms with Crippen molar-refractivity contribution >= 4 is 10.0 Å². The maximum Gasteiger partial charge on any atom is 0.211 e. The first-order valence-electron chi connectivity index (χ1n) is 4.43. The minimum absolute atomic E-state index is 0.175. The largest absolute Gasteiger partial charge is 0.391 e. The maximum absolute atomic E-state index is 11.1. The molecule has 13 heavy (non-hydrogen) atoms. The molecular formula is C7H17N2O3S+. The molecule has 0 aromatic heterocycles. The van der Waals surface area contributed by atoms with Crippen LogP contribution in [0.4, 0.5) is 0 Å². The van der Waals surface area contributed by atoms with E-state index >= 15 is 0 Å². The van der Waals surface area contributed by atoms with Gasteiger partial charge in [0.1, 0.15) is 6.54 Å². The Balaban J connectivity index is 2.39. The highest BCUT2D eigenvalue weighted by Gasteiger charge is 2.25. The topological polar surface area (TPSA) is 62.0 Å². The normalized spacial score (nSPS) is 22.0. The highest BCUT2D eigenvalue weighted by atomic mass is 32.2. The Morgan fingerprint density at radius 2 is 1.92 bits per heavy atom. The lowest BCUT2D eigenvalue weighted by Gasteiger charge is -2.30. The lowest BCUT2D eigenvalue weighted by atomic mass is 10.4. The zero-order valence-corrected chi connectivity index (χ0v) is 8.68. The van der Waals surface area contributed by atoms with Crippen LogP contribution in [0.15, 0.2) is 0 Å². The van der Waals surface area contributed by atoms with E-state index in [0.29, 0.717) is 13.1 Å². The summed E-state index contributed by atoms with van der Waals surface area (Å²) < 4.78 is 23.7. The smallest absolute Gasteiger partial charge is 0.211 e. The molecule has 0 radical (unpaired) electrons. The average molecular weight is 209 g/mol. The van der Waals surface area contributed by atoms with Gasteiger partial charge in [0.15, 0.2) is 0 Å². The molecule has 1 aliphatic heterocycles. The van der Waals surface area contributed by atoms with Crippen molar-refractivity contribution in [2.45, 2.75) is 0 Å². The van der Waals surface area contributed by atoms with E-state index in [4.69, 9.17) is 5.11 Å². The molecule has 1 rings (SSSR count). The van der Waals surface area contributed by atoms with Crippen molar-refractivity contribution in [3.8, 4) is 0 Å². The van der Waals surface area contributed by atoms with Crippen LogP contribution in [0, 0.1) is 0 Å². The molecule has 78 valence electrons. The lowest BCUT2D eigenvalue weighted by molar-refractivity contribution is -0.904. The number of nitrogens with zero attached hydrogens (tertiary/aromatic N) is 1. The third-order valence-corrected chi connectivity index (χ3v) is 3.67. The predicted molar refractivity (Wildman–Crippen MR) is 49.1 cm³/mol. The van der Waals surface area contributed by atoms with Crippen LogP contribution in [0.5, 0.6) is 0 Å². The Labute approximate surface area is 79.0 Å². The molecule has 0 aromatic rings. The Bertz CT molecular complexity index is 244. The van der Waals surface area contributed by atoms with E-state index in [-0.39, 0.29) is 6.61 Å². The quantitative estimate of drug-likeness (QED) is 0.525. The second-order valence-electron chi connectivity index (χ2n) is 3.39. The number of sulfonamides is 1. The molecule has 1 fully saturated rings. The Morgan fingerprint density at radius 1 is 1.38 bits per heavy atom. The van der Waals surface area contributed by atoms with Crippen LogP contribution in [0.2, 0.25) is 0 Å². The molecule has 2 N–H and O–H groups in total. The summed E-state index contributed by atoms with van der Waals surface area (Å²) in [6, 6.07) is 0. The van der Waals surface area contributed by atoms with Crippen molar-refractivity contribution in [3.63, 3.8) is 0 Å². The van der Waals surface area contributed by atoms with Crippen molar-refractivity contribution < 1.29 is 18.4 Å². The van der Waals surface area contributed by atoms with E-state index in [0.717, 1.165) is 19.6 Å². The lowest BCUT2D eigenvalue weighted by Crippen LogP contribution is -3.15. The molecule has 0 saturated carbocycles. The maximum atomic E-state index is 11.1. The molecule has 0 spiro atoms. The minimum atomic E-state index is -3.01. The first-order valence-corrected chi connectivity index (χ1v) is 6.28. The van der Waals surface area contributed by atoms with Crippen LogP contribution in [-0.4, -0.2) is 63.4 Å². The Hall–Kier alpha value is -0.170. The zero-order valence-electron chi connectivity index (χ0n) is 7.86. The third-order valence-electron chi connectivity index (χ3n) is 2.36. The van der Waals surface area contributed by atoms with Crippen LogP contribution in [0.1, 0.15) is 0 Å². The van der Waals surface area contributed by atoms with Gasteiger partial charge in [-0.25, -0.2) is 8.42 Å². The molecule has 0 atom stereocenters. The van der Waals surface area contributed by atoms with Gasteiger partial charge in [-0.15, -0.1) is 0 Å². The van der Waals surface area contributed by atoms with Gasteiger partial charge in [0, 0.05) is 0 Å². The van der Waals surface area contributed by atoms with Gasteiger partial charge in [-0.2, -0.15) is 4.31 Å². The highest BCUT2D eigenvalue weighted by Crippen LogP contribution is 1.96. The number of hydrogen-bond acceptors (Lipinski definition) is 3. The average Bonchev–Trinajstić information content (AvgIpc) is 2.04. The molecule has 1 heterocycles. The van der Waals surface area contributed by atoms with Crippen LogP contribution in [0.25, 0.3) is 0 Å². The molecular weight excluding hydrogens is 192 g/mol. The molecule has 1 saturated heterocycles. The summed E-state index contributed by atoms with van der Waals surface area (Å²) in [7, 11) is -3.01. The highest BCUT2D eigenvalue weighted by molar-refractivity contribution is 7.88. The second-order valence-corrected chi connectivity index (χ2v) is 5.37. The summed E-state index contributed by atoms with van der Waals surface area (Å²) in [4.78, 5) is 1.28. The molecule has 5 nitrogen and oxygen atoms in total. The monoisotopic (exact) mass is 209 g/mol. The third kappa shape index (κ3) is 3.22.